The highest BCUT2D eigenvalue weighted by Gasteiger charge is 2.39. The summed E-state index contributed by atoms with van der Waals surface area (Å²) in [5, 5.41) is 0. The molecule has 22 heavy (non-hydrogen) atoms. The Labute approximate surface area is 131 Å². The minimum absolute atomic E-state index is 0.0514. The minimum Gasteiger partial charge on any atom is -0.372 e. The number of likely N-dealkylation sites (tertiary alicyclic amines) is 1. The molecule has 0 radical (unpaired) electrons. The molecular weight excluding hydrogens is 278 g/mol. The third-order valence-electron chi connectivity index (χ3n) is 4.64. The maximum absolute atomic E-state index is 12.5. The summed E-state index contributed by atoms with van der Waals surface area (Å²) in [5.74, 6) is 0.0514. The molecule has 0 N–H and O–H groups in total. The summed E-state index contributed by atoms with van der Waals surface area (Å²) in [5.41, 5.74) is 1.15. The Kier molecular flexibility index (Phi) is 4.14. The summed E-state index contributed by atoms with van der Waals surface area (Å²) in [4.78, 5) is 20.1. The van der Waals surface area contributed by atoms with E-state index in [0.717, 1.165) is 45.6 Å². The number of amides is 1. The van der Waals surface area contributed by atoms with Gasteiger partial charge in [-0.15, -0.1) is 0 Å². The maximum Gasteiger partial charge on any atom is 0.253 e. The number of nitrogens with zero attached hydrogens (tertiary/aromatic N) is 3. The fourth-order valence-corrected chi connectivity index (χ4v) is 3.32. The molecule has 2 aliphatic heterocycles. The molecule has 2 saturated heterocycles. The number of likely N-dealkylation sites (N-methyl/N-ethyl adjacent to an activating group) is 1. The Morgan fingerprint density at radius 1 is 1.23 bits per heavy atom. The molecule has 2 fully saturated rings. The molecular formula is C17H21N3O2. The highest BCUT2D eigenvalue weighted by Crippen LogP contribution is 2.30. The van der Waals surface area contributed by atoms with Crippen LogP contribution in [0.15, 0.2) is 24.3 Å². The lowest BCUT2D eigenvalue weighted by atomic mass is 9.89. The quantitative estimate of drug-likeness (QED) is 0.746. The number of carbonyl (C=O) groups excluding carboxylic acids is 1. The zero-order valence-corrected chi connectivity index (χ0v) is 12.9. The van der Waals surface area contributed by atoms with Crippen molar-refractivity contribution < 1.29 is 9.53 Å². The average molecular weight is 299 g/mol. The Morgan fingerprint density at radius 2 is 1.91 bits per heavy atom. The largest absolute Gasteiger partial charge is 0.372 e. The Hall–Kier alpha value is -1.90. The van der Waals surface area contributed by atoms with Crippen molar-refractivity contribution in [2.45, 2.75) is 18.4 Å². The number of hydrogen-bond donors (Lipinski definition) is 0. The number of hydrogen-bond acceptors (Lipinski definition) is 3. The van der Waals surface area contributed by atoms with E-state index in [2.05, 4.69) is 16.8 Å². The molecule has 5 heteroatoms. The number of benzene rings is 1. The molecule has 1 aromatic rings. The van der Waals surface area contributed by atoms with Crippen LogP contribution >= 0.6 is 0 Å². The van der Waals surface area contributed by atoms with Crippen molar-refractivity contribution in [2.24, 2.45) is 0 Å². The monoisotopic (exact) mass is 299 g/mol. The van der Waals surface area contributed by atoms with E-state index in [1.165, 1.54) is 0 Å². The average Bonchev–Trinajstić information content (AvgIpc) is 2.55. The molecule has 1 spiro atoms. The standard InChI is InChI=1S/C17H21N3O2/c1-18-15-5-3-14(4-6-15)16(21)20-9-7-17(8-10-20)13-19(2)11-12-22-17/h3-6H,7-13H2,2H3. The molecule has 0 bridgehead atoms. The van der Waals surface area contributed by atoms with Crippen LogP contribution < -0.4 is 0 Å². The van der Waals surface area contributed by atoms with Gasteiger partial charge in [0, 0.05) is 31.7 Å². The Bertz CT molecular complexity index is 583. The molecule has 3 rings (SSSR count). The van der Waals surface area contributed by atoms with Crippen molar-refractivity contribution in [2.75, 3.05) is 39.8 Å². The third-order valence-corrected chi connectivity index (χ3v) is 4.64. The number of morpholine rings is 1. The highest BCUT2D eigenvalue weighted by molar-refractivity contribution is 5.94. The van der Waals surface area contributed by atoms with E-state index < -0.39 is 0 Å². The van der Waals surface area contributed by atoms with Crippen LogP contribution in [-0.4, -0.2) is 61.1 Å². The lowest BCUT2D eigenvalue weighted by Crippen LogP contribution is -2.56. The molecule has 5 nitrogen and oxygen atoms in total. The second-order valence-corrected chi connectivity index (χ2v) is 6.22. The van der Waals surface area contributed by atoms with Crippen molar-refractivity contribution in [3.05, 3.63) is 41.2 Å². The summed E-state index contributed by atoms with van der Waals surface area (Å²) in [7, 11) is 2.13. The lowest BCUT2D eigenvalue weighted by molar-refractivity contribution is -0.127. The van der Waals surface area contributed by atoms with Crippen LogP contribution in [0, 0.1) is 6.57 Å². The summed E-state index contributed by atoms with van der Waals surface area (Å²) in [6.07, 6.45) is 1.78. The summed E-state index contributed by atoms with van der Waals surface area (Å²) >= 11 is 0. The van der Waals surface area contributed by atoms with Gasteiger partial charge in [-0.1, -0.05) is 24.3 Å². The van der Waals surface area contributed by atoms with E-state index >= 15 is 0 Å². The van der Waals surface area contributed by atoms with Gasteiger partial charge in [0.25, 0.3) is 5.91 Å². The SMILES string of the molecule is [C-]#[N+]c1ccc(C(=O)N2CCC3(CC2)CN(C)CCO3)cc1. The highest BCUT2D eigenvalue weighted by atomic mass is 16.5. The summed E-state index contributed by atoms with van der Waals surface area (Å²) < 4.78 is 6.03. The molecule has 0 saturated carbocycles. The number of ether oxygens (including phenoxy) is 1. The molecule has 0 unspecified atom stereocenters. The van der Waals surface area contributed by atoms with Crippen LogP contribution in [-0.2, 0) is 4.74 Å². The van der Waals surface area contributed by atoms with Gasteiger partial charge in [0.2, 0.25) is 0 Å². The van der Waals surface area contributed by atoms with E-state index in [-0.39, 0.29) is 11.5 Å². The van der Waals surface area contributed by atoms with Gasteiger partial charge in [0.15, 0.2) is 5.69 Å². The zero-order valence-electron chi connectivity index (χ0n) is 12.9. The molecule has 0 aliphatic carbocycles. The molecule has 1 aromatic carbocycles. The predicted molar refractivity (Wildman–Crippen MR) is 84.0 cm³/mol. The first kappa shape index (κ1) is 15.0. The van der Waals surface area contributed by atoms with Crippen molar-refractivity contribution in [1.29, 1.82) is 0 Å². The normalized spacial score (nSPS) is 21.5. The van der Waals surface area contributed by atoms with Crippen LogP contribution in [0.2, 0.25) is 0 Å². The van der Waals surface area contributed by atoms with Crippen LogP contribution in [0.5, 0.6) is 0 Å². The molecule has 2 aliphatic rings. The van der Waals surface area contributed by atoms with Gasteiger partial charge in [-0.2, -0.15) is 0 Å². The van der Waals surface area contributed by atoms with Crippen molar-refractivity contribution >= 4 is 11.6 Å². The molecule has 1 amide bonds. The van der Waals surface area contributed by atoms with E-state index in [9.17, 15) is 4.79 Å². The molecule has 0 atom stereocenters. The van der Waals surface area contributed by atoms with Crippen LogP contribution in [0.1, 0.15) is 23.2 Å². The summed E-state index contributed by atoms with van der Waals surface area (Å²) in [6.45, 7) is 11.1. The second kappa shape index (κ2) is 6.07. The first-order chi connectivity index (χ1) is 10.6. The van der Waals surface area contributed by atoms with E-state index in [4.69, 9.17) is 11.3 Å². The third kappa shape index (κ3) is 2.99. The molecule has 2 heterocycles. The molecule has 116 valence electrons. The number of carbonyl (C=O) groups is 1. The van der Waals surface area contributed by atoms with Crippen molar-refractivity contribution in [3.63, 3.8) is 0 Å². The van der Waals surface area contributed by atoms with Crippen molar-refractivity contribution in [3.8, 4) is 0 Å². The van der Waals surface area contributed by atoms with Gasteiger partial charge < -0.3 is 14.5 Å². The molecule has 0 aromatic heterocycles. The van der Waals surface area contributed by atoms with E-state index in [1.807, 2.05) is 4.90 Å². The number of rotatable bonds is 1. The fourth-order valence-electron chi connectivity index (χ4n) is 3.32. The van der Waals surface area contributed by atoms with E-state index in [1.54, 1.807) is 24.3 Å². The lowest BCUT2D eigenvalue weighted by Gasteiger charge is -2.46. The maximum atomic E-state index is 12.5. The van der Waals surface area contributed by atoms with E-state index in [0.29, 0.717) is 11.3 Å². The summed E-state index contributed by atoms with van der Waals surface area (Å²) in [6, 6.07) is 6.88. The van der Waals surface area contributed by atoms with Gasteiger partial charge in [-0.05, 0) is 19.9 Å². The smallest absolute Gasteiger partial charge is 0.253 e. The van der Waals surface area contributed by atoms with Crippen LogP contribution in [0.3, 0.4) is 0 Å². The van der Waals surface area contributed by atoms with Gasteiger partial charge >= 0.3 is 0 Å². The topological polar surface area (TPSA) is 37.1 Å². The van der Waals surface area contributed by atoms with Gasteiger partial charge in [-0.3, -0.25) is 4.79 Å². The second-order valence-electron chi connectivity index (χ2n) is 6.22. The first-order valence-electron chi connectivity index (χ1n) is 7.71. The number of piperidine rings is 1. The van der Waals surface area contributed by atoms with Crippen molar-refractivity contribution in [1.82, 2.24) is 9.80 Å². The van der Waals surface area contributed by atoms with Crippen LogP contribution in [0.4, 0.5) is 5.69 Å². The fraction of sp³-hybridized carbons (Fsp3) is 0.529. The predicted octanol–water partition coefficient (Wildman–Crippen LogP) is 2.17. The minimum atomic E-state index is -0.0717. The first-order valence-corrected chi connectivity index (χ1v) is 7.71. The zero-order chi connectivity index (χ0) is 15.6. The van der Waals surface area contributed by atoms with Gasteiger partial charge in [0.1, 0.15) is 0 Å². The van der Waals surface area contributed by atoms with Gasteiger partial charge in [0.05, 0.1) is 18.8 Å². The Balaban J connectivity index is 1.63. The van der Waals surface area contributed by atoms with Gasteiger partial charge in [-0.25, -0.2) is 4.85 Å². The Morgan fingerprint density at radius 3 is 2.50 bits per heavy atom. The van der Waals surface area contributed by atoms with Crippen LogP contribution in [0.25, 0.3) is 4.85 Å².